The van der Waals surface area contributed by atoms with Gasteiger partial charge in [0.15, 0.2) is 5.65 Å². The molecule has 2 aromatic rings. The molecule has 10 nitrogen and oxygen atoms in total. The molecule has 0 aliphatic carbocycles. The van der Waals surface area contributed by atoms with Gasteiger partial charge in [0.25, 0.3) is 0 Å². The molecule has 0 spiro atoms. The molecular weight excluding hydrogens is 452 g/mol. The highest BCUT2D eigenvalue weighted by Gasteiger charge is 2.34. The Balaban J connectivity index is 1.69. The van der Waals surface area contributed by atoms with Crippen LogP contribution < -0.4 is 15.0 Å². The lowest BCUT2D eigenvalue weighted by atomic mass is 9.90. The summed E-state index contributed by atoms with van der Waals surface area (Å²) in [6, 6.07) is 1.10. The SMILES string of the molecule is COc1nc(N2CCC(C)(NC(=O)OC(C)(C)C)CC2)nc2c1cnn2COCC[Si](C)(C)C. The maximum atomic E-state index is 12.3. The summed E-state index contributed by atoms with van der Waals surface area (Å²) in [6.07, 6.45) is 2.82. The first-order valence-electron chi connectivity index (χ1n) is 11.9. The van der Waals surface area contributed by atoms with Crippen LogP contribution in [0.25, 0.3) is 11.0 Å². The fourth-order valence-corrected chi connectivity index (χ4v) is 4.47. The van der Waals surface area contributed by atoms with E-state index < -0.39 is 13.7 Å². The van der Waals surface area contributed by atoms with Crippen LogP contribution in [0.2, 0.25) is 25.7 Å². The van der Waals surface area contributed by atoms with E-state index in [1.807, 2.05) is 27.7 Å². The number of rotatable bonds is 8. The number of anilines is 1. The number of alkyl carbamates (subject to hydrolysis) is 1. The Hall–Kier alpha value is -2.40. The van der Waals surface area contributed by atoms with E-state index in [9.17, 15) is 4.79 Å². The van der Waals surface area contributed by atoms with Gasteiger partial charge in [0.05, 0.1) is 13.3 Å². The highest BCUT2D eigenvalue weighted by atomic mass is 28.3. The molecular formula is C23H40N6O4Si. The summed E-state index contributed by atoms with van der Waals surface area (Å²) in [7, 11) is 0.448. The maximum Gasteiger partial charge on any atom is 0.408 e. The highest BCUT2D eigenvalue weighted by molar-refractivity contribution is 6.76. The van der Waals surface area contributed by atoms with Gasteiger partial charge in [0, 0.05) is 33.3 Å². The van der Waals surface area contributed by atoms with Crippen molar-refractivity contribution in [1.29, 1.82) is 0 Å². The fraction of sp³-hybridized carbons (Fsp3) is 0.739. The van der Waals surface area contributed by atoms with E-state index in [-0.39, 0.29) is 11.6 Å². The second-order valence-corrected chi connectivity index (χ2v) is 17.1. The van der Waals surface area contributed by atoms with Crippen LogP contribution in [0.1, 0.15) is 40.5 Å². The summed E-state index contributed by atoms with van der Waals surface area (Å²) >= 11 is 0. The van der Waals surface area contributed by atoms with Crippen LogP contribution in [0.5, 0.6) is 5.88 Å². The van der Waals surface area contributed by atoms with Gasteiger partial charge in [-0.25, -0.2) is 9.48 Å². The number of amides is 1. The Morgan fingerprint density at radius 1 is 1.21 bits per heavy atom. The van der Waals surface area contributed by atoms with Crippen LogP contribution in [0.3, 0.4) is 0 Å². The third kappa shape index (κ3) is 7.05. The van der Waals surface area contributed by atoms with Crippen molar-refractivity contribution < 1.29 is 19.0 Å². The standard InChI is InChI=1S/C23H40N6O4Si/c1-22(2,3)33-21(30)27-23(4)9-11-28(12-10-23)20-25-18-17(19(26-20)31-5)15-24-29(18)16-32-13-14-34(6,7)8/h15H,9-14,16H2,1-8H3,(H,27,30). The lowest BCUT2D eigenvalue weighted by Crippen LogP contribution is -2.54. The van der Waals surface area contributed by atoms with Crippen LogP contribution in [0.15, 0.2) is 6.20 Å². The molecule has 1 amide bonds. The van der Waals surface area contributed by atoms with Crippen molar-refractivity contribution in [2.75, 3.05) is 31.7 Å². The largest absolute Gasteiger partial charge is 0.480 e. The minimum atomic E-state index is -1.15. The van der Waals surface area contributed by atoms with Crippen molar-refractivity contribution in [2.45, 2.75) is 84.1 Å². The smallest absolute Gasteiger partial charge is 0.408 e. The molecule has 0 unspecified atom stereocenters. The zero-order valence-electron chi connectivity index (χ0n) is 21.9. The van der Waals surface area contributed by atoms with Gasteiger partial charge in [-0.2, -0.15) is 15.1 Å². The number of aromatic nitrogens is 4. The Morgan fingerprint density at radius 3 is 2.47 bits per heavy atom. The van der Waals surface area contributed by atoms with Gasteiger partial charge in [-0.05, 0) is 46.6 Å². The zero-order valence-corrected chi connectivity index (χ0v) is 22.9. The molecule has 1 aliphatic heterocycles. The van der Waals surface area contributed by atoms with E-state index in [2.05, 4.69) is 39.9 Å². The van der Waals surface area contributed by atoms with Gasteiger partial charge >= 0.3 is 6.09 Å². The van der Waals surface area contributed by atoms with Crippen LogP contribution in [-0.2, 0) is 16.2 Å². The molecule has 0 saturated carbocycles. The van der Waals surface area contributed by atoms with Crippen LogP contribution >= 0.6 is 0 Å². The fourth-order valence-electron chi connectivity index (χ4n) is 3.71. The third-order valence-electron chi connectivity index (χ3n) is 5.81. The number of nitrogens with zero attached hydrogens (tertiary/aromatic N) is 5. The van der Waals surface area contributed by atoms with Gasteiger partial charge in [-0.1, -0.05) is 19.6 Å². The number of carbonyl (C=O) groups excluding carboxylic acids is 1. The van der Waals surface area contributed by atoms with Crippen molar-refractivity contribution in [3.63, 3.8) is 0 Å². The van der Waals surface area contributed by atoms with Crippen molar-refractivity contribution in [3.05, 3.63) is 6.20 Å². The molecule has 3 rings (SSSR count). The number of hydrogen-bond acceptors (Lipinski definition) is 8. The zero-order chi connectivity index (χ0) is 25.1. The molecule has 0 radical (unpaired) electrons. The Labute approximate surface area is 203 Å². The van der Waals surface area contributed by atoms with E-state index in [0.717, 1.165) is 24.3 Å². The Kier molecular flexibility index (Phi) is 7.76. The van der Waals surface area contributed by atoms with E-state index >= 15 is 0 Å². The summed E-state index contributed by atoms with van der Waals surface area (Å²) in [5, 5.41) is 8.25. The van der Waals surface area contributed by atoms with Crippen molar-refractivity contribution in [3.8, 4) is 5.88 Å². The van der Waals surface area contributed by atoms with E-state index in [1.54, 1.807) is 18.0 Å². The number of nitrogens with one attached hydrogen (secondary N) is 1. The van der Waals surface area contributed by atoms with Crippen molar-refractivity contribution in [2.24, 2.45) is 0 Å². The summed E-state index contributed by atoms with van der Waals surface area (Å²) in [4.78, 5) is 23.8. The Morgan fingerprint density at radius 2 is 1.88 bits per heavy atom. The molecule has 1 aliphatic rings. The minimum absolute atomic E-state index is 0.339. The molecule has 1 fully saturated rings. The number of fused-ring (bicyclic) bond motifs is 1. The first-order chi connectivity index (χ1) is 15.8. The molecule has 34 heavy (non-hydrogen) atoms. The summed E-state index contributed by atoms with van der Waals surface area (Å²) in [6.45, 7) is 17.1. The van der Waals surface area contributed by atoms with E-state index in [1.165, 1.54) is 0 Å². The Bertz CT molecular complexity index is 990. The van der Waals surface area contributed by atoms with E-state index in [4.69, 9.17) is 19.2 Å². The monoisotopic (exact) mass is 492 g/mol. The van der Waals surface area contributed by atoms with Gasteiger partial charge in [0.2, 0.25) is 11.8 Å². The average Bonchev–Trinajstić information content (AvgIpc) is 3.11. The number of methoxy groups -OCH3 is 1. The predicted molar refractivity (Wildman–Crippen MR) is 135 cm³/mol. The maximum absolute atomic E-state index is 12.3. The highest BCUT2D eigenvalue weighted by Crippen LogP contribution is 2.29. The average molecular weight is 493 g/mol. The molecule has 2 aromatic heterocycles. The second-order valence-electron chi connectivity index (χ2n) is 11.4. The quantitative estimate of drug-likeness (QED) is 0.435. The lowest BCUT2D eigenvalue weighted by Gasteiger charge is -2.40. The summed E-state index contributed by atoms with van der Waals surface area (Å²) in [5.74, 6) is 1.08. The van der Waals surface area contributed by atoms with Crippen LogP contribution in [0.4, 0.5) is 10.7 Å². The number of ether oxygens (including phenoxy) is 3. The molecule has 11 heteroatoms. The molecule has 1 saturated heterocycles. The van der Waals surface area contributed by atoms with Gasteiger partial charge in [-0.15, -0.1) is 0 Å². The number of piperidine rings is 1. The molecule has 1 N–H and O–H groups in total. The normalized spacial score (nSPS) is 16.5. The number of carbonyl (C=O) groups is 1. The molecule has 190 valence electrons. The summed E-state index contributed by atoms with van der Waals surface area (Å²) in [5.41, 5.74) is -0.184. The van der Waals surface area contributed by atoms with Gasteiger partial charge in [-0.3, -0.25) is 0 Å². The first-order valence-corrected chi connectivity index (χ1v) is 15.6. The first kappa shape index (κ1) is 26.2. The van der Waals surface area contributed by atoms with E-state index in [0.29, 0.717) is 43.9 Å². The van der Waals surface area contributed by atoms with Gasteiger partial charge < -0.3 is 24.4 Å². The van der Waals surface area contributed by atoms with Crippen molar-refractivity contribution >= 4 is 31.1 Å². The minimum Gasteiger partial charge on any atom is -0.480 e. The third-order valence-corrected chi connectivity index (χ3v) is 7.51. The predicted octanol–water partition coefficient (Wildman–Crippen LogP) is 4.03. The lowest BCUT2D eigenvalue weighted by molar-refractivity contribution is 0.0448. The summed E-state index contributed by atoms with van der Waals surface area (Å²) < 4.78 is 18.6. The second kappa shape index (κ2) is 10.1. The number of hydrogen-bond donors (Lipinski definition) is 1. The van der Waals surface area contributed by atoms with Crippen LogP contribution in [0, 0.1) is 0 Å². The molecule has 0 bridgehead atoms. The molecule has 3 heterocycles. The van der Waals surface area contributed by atoms with Crippen LogP contribution in [-0.4, -0.2) is 71.9 Å². The molecule has 0 aromatic carbocycles. The van der Waals surface area contributed by atoms with Crippen molar-refractivity contribution in [1.82, 2.24) is 25.1 Å². The molecule has 0 atom stereocenters. The topological polar surface area (TPSA) is 104 Å². The van der Waals surface area contributed by atoms with Gasteiger partial charge in [0.1, 0.15) is 17.7 Å².